The van der Waals surface area contributed by atoms with Crippen LogP contribution in [0.5, 0.6) is 0 Å². The van der Waals surface area contributed by atoms with Gasteiger partial charge in [-0.15, -0.1) is 0 Å². The quantitative estimate of drug-likeness (QED) is 0.662. The molecule has 7 heteroatoms. The van der Waals surface area contributed by atoms with E-state index < -0.39 is 18.5 Å². The zero-order valence-corrected chi connectivity index (χ0v) is 15.1. The first-order chi connectivity index (χ1) is 12.5. The standard InChI is InChI=1S/C19H14Cl2N2O3/c20-15-9-16(21)19(22-10-15)23-17(24)11-26-18(25)8-12-5-6-13-3-1-2-4-14(13)7-12/h1-7,9-10H,8,11H2,(H,22,23,24). The van der Waals surface area contributed by atoms with Crippen molar-refractivity contribution >= 4 is 51.7 Å². The Labute approximate surface area is 159 Å². The average molecular weight is 389 g/mol. The lowest BCUT2D eigenvalue weighted by Gasteiger charge is -2.08. The van der Waals surface area contributed by atoms with E-state index in [0.29, 0.717) is 5.02 Å². The molecule has 0 spiro atoms. The number of hydrogen-bond acceptors (Lipinski definition) is 4. The van der Waals surface area contributed by atoms with Gasteiger partial charge in [0.15, 0.2) is 12.4 Å². The summed E-state index contributed by atoms with van der Waals surface area (Å²) in [7, 11) is 0. The fourth-order valence-electron chi connectivity index (χ4n) is 2.39. The molecule has 3 rings (SSSR count). The second-order valence-electron chi connectivity index (χ2n) is 5.55. The van der Waals surface area contributed by atoms with Gasteiger partial charge in [0.05, 0.1) is 16.5 Å². The van der Waals surface area contributed by atoms with E-state index in [2.05, 4.69) is 10.3 Å². The van der Waals surface area contributed by atoms with Gasteiger partial charge in [-0.05, 0) is 22.4 Å². The Balaban J connectivity index is 1.53. The van der Waals surface area contributed by atoms with E-state index in [1.807, 2.05) is 42.5 Å². The maximum absolute atomic E-state index is 12.0. The van der Waals surface area contributed by atoms with E-state index in [9.17, 15) is 9.59 Å². The summed E-state index contributed by atoms with van der Waals surface area (Å²) < 4.78 is 5.01. The highest BCUT2D eigenvalue weighted by Crippen LogP contribution is 2.22. The Bertz CT molecular complexity index is 976. The van der Waals surface area contributed by atoms with Gasteiger partial charge in [0.25, 0.3) is 5.91 Å². The summed E-state index contributed by atoms with van der Waals surface area (Å²) in [6, 6.07) is 15.0. The van der Waals surface area contributed by atoms with Crippen molar-refractivity contribution in [2.75, 3.05) is 11.9 Å². The lowest BCUT2D eigenvalue weighted by Crippen LogP contribution is -2.22. The van der Waals surface area contributed by atoms with Gasteiger partial charge < -0.3 is 10.1 Å². The van der Waals surface area contributed by atoms with Gasteiger partial charge in [-0.25, -0.2) is 4.98 Å². The fraction of sp³-hybridized carbons (Fsp3) is 0.105. The summed E-state index contributed by atoms with van der Waals surface area (Å²) >= 11 is 11.7. The Morgan fingerprint density at radius 3 is 2.58 bits per heavy atom. The number of pyridine rings is 1. The molecule has 132 valence electrons. The number of benzene rings is 2. The van der Waals surface area contributed by atoms with Crippen LogP contribution in [0.4, 0.5) is 5.82 Å². The molecule has 2 aromatic carbocycles. The predicted octanol–water partition coefficient (Wildman–Crippen LogP) is 4.27. The minimum Gasteiger partial charge on any atom is -0.455 e. The number of nitrogens with one attached hydrogen (secondary N) is 1. The van der Waals surface area contributed by atoms with Crippen LogP contribution >= 0.6 is 23.2 Å². The molecule has 1 aromatic heterocycles. The van der Waals surface area contributed by atoms with Crippen molar-refractivity contribution in [2.24, 2.45) is 0 Å². The van der Waals surface area contributed by atoms with E-state index >= 15 is 0 Å². The first-order valence-corrected chi connectivity index (χ1v) is 8.51. The highest BCUT2D eigenvalue weighted by molar-refractivity contribution is 6.36. The van der Waals surface area contributed by atoms with Gasteiger partial charge in [-0.1, -0.05) is 65.7 Å². The number of nitrogens with zero attached hydrogens (tertiary/aromatic N) is 1. The number of ether oxygens (including phenoxy) is 1. The van der Waals surface area contributed by atoms with Crippen LogP contribution in [0, 0.1) is 0 Å². The van der Waals surface area contributed by atoms with Crippen LogP contribution in [0.2, 0.25) is 10.0 Å². The normalized spacial score (nSPS) is 10.5. The molecular formula is C19H14Cl2N2O3. The minimum atomic E-state index is -0.534. The molecule has 0 radical (unpaired) electrons. The molecule has 1 N–H and O–H groups in total. The van der Waals surface area contributed by atoms with E-state index in [-0.39, 0.29) is 17.3 Å². The third-order valence-electron chi connectivity index (χ3n) is 3.59. The van der Waals surface area contributed by atoms with Crippen molar-refractivity contribution in [3.63, 3.8) is 0 Å². The van der Waals surface area contributed by atoms with Crippen LogP contribution < -0.4 is 5.32 Å². The number of rotatable bonds is 5. The van der Waals surface area contributed by atoms with E-state index in [4.69, 9.17) is 27.9 Å². The molecule has 0 fully saturated rings. The Morgan fingerprint density at radius 1 is 1.04 bits per heavy atom. The predicted molar refractivity (Wildman–Crippen MR) is 101 cm³/mol. The summed E-state index contributed by atoms with van der Waals surface area (Å²) in [6.07, 6.45) is 1.44. The number of halogens is 2. The van der Waals surface area contributed by atoms with E-state index in [0.717, 1.165) is 16.3 Å². The molecule has 0 unspecified atom stereocenters. The van der Waals surface area contributed by atoms with Crippen LogP contribution in [-0.4, -0.2) is 23.5 Å². The molecule has 0 bridgehead atoms. The fourth-order valence-corrected chi connectivity index (χ4v) is 2.81. The van der Waals surface area contributed by atoms with Crippen LogP contribution in [0.3, 0.4) is 0 Å². The van der Waals surface area contributed by atoms with Gasteiger partial charge in [-0.3, -0.25) is 9.59 Å². The second kappa shape index (κ2) is 8.17. The summed E-state index contributed by atoms with van der Waals surface area (Å²) in [6.45, 7) is -0.424. The summed E-state index contributed by atoms with van der Waals surface area (Å²) in [5.74, 6) is -0.870. The molecule has 0 atom stereocenters. The number of amides is 1. The summed E-state index contributed by atoms with van der Waals surface area (Å²) in [5.41, 5.74) is 0.816. The zero-order valence-electron chi connectivity index (χ0n) is 13.5. The SMILES string of the molecule is O=C(COC(=O)Cc1ccc2ccccc2c1)Nc1ncc(Cl)cc1Cl. The zero-order chi connectivity index (χ0) is 18.5. The number of anilines is 1. The molecule has 0 aliphatic heterocycles. The van der Waals surface area contributed by atoms with Crippen molar-refractivity contribution in [3.05, 3.63) is 70.3 Å². The lowest BCUT2D eigenvalue weighted by molar-refractivity contribution is -0.146. The van der Waals surface area contributed by atoms with Crippen LogP contribution in [0.25, 0.3) is 10.8 Å². The molecule has 0 saturated carbocycles. The first-order valence-electron chi connectivity index (χ1n) is 7.75. The van der Waals surface area contributed by atoms with Crippen LogP contribution in [-0.2, 0) is 20.7 Å². The number of carbonyl (C=O) groups is 2. The number of esters is 1. The van der Waals surface area contributed by atoms with Crippen molar-refractivity contribution in [1.29, 1.82) is 0 Å². The average Bonchev–Trinajstić information content (AvgIpc) is 2.62. The molecule has 0 aliphatic rings. The molecule has 0 saturated heterocycles. The van der Waals surface area contributed by atoms with Gasteiger partial charge in [-0.2, -0.15) is 0 Å². The summed E-state index contributed by atoms with van der Waals surface area (Å²) in [4.78, 5) is 27.7. The van der Waals surface area contributed by atoms with Gasteiger partial charge in [0.1, 0.15) is 0 Å². The topological polar surface area (TPSA) is 68.3 Å². The van der Waals surface area contributed by atoms with E-state index in [1.165, 1.54) is 12.3 Å². The smallest absolute Gasteiger partial charge is 0.310 e. The Kier molecular flexibility index (Phi) is 5.71. The molecule has 1 heterocycles. The lowest BCUT2D eigenvalue weighted by atomic mass is 10.1. The largest absolute Gasteiger partial charge is 0.455 e. The monoisotopic (exact) mass is 388 g/mol. The number of hydrogen-bond donors (Lipinski definition) is 1. The Hall–Kier alpha value is -2.63. The van der Waals surface area contributed by atoms with Crippen LogP contribution in [0.1, 0.15) is 5.56 Å². The van der Waals surface area contributed by atoms with Crippen molar-refractivity contribution < 1.29 is 14.3 Å². The Morgan fingerprint density at radius 2 is 1.81 bits per heavy atom. The molecular weight excluding hydrogens is 375 g/mol. The van der Waals surface area contributed by atoms with Gasteiger partial charge in [0, 0.05) is 6.20 Å². The number of aromatic nitrogens is 1. The van der Waals surface area contributed by atoms with Crippen molar-refractivity contribution in [1.82, 2.24) is 4.98 Å². The minimum absolute atomic E-state index is 0.0814. The highest BCUT2D eigenvalue weighted by Gasteiger charge is 2.11. The van der Waals surface area contributed by atoms with E-state index in [1.54, 1.807) is 0 Å². The molecule has 3 aromatic rings. The number of fused-ring (bicyclic) bond motifs is 1. The third kappa shape index (κ3) is 4.71. The van der Waals surface area contributed by atoms with Gasteiger partial charge >= 0.3 is 5.97 Å². The van der Waals surface area contributed by atoms with Gasteiger partial charge in [0.2, 0.25) is 0 Å². The molecule has 5 nitrogen and oxygen atoms in total. The van der Waals surface area contributed by atoms with Crippen molar-refractivity contribution in [3.8, 4) is 0 Å². The third-order valence-corrected chi connectivity index (χ3v) is 4.09. The maximum Gasteiger partial charge on any atom is 0.310 e. The first kappa shape index (κ1) is 18.2. The highest BCUT2D eigenvalue weighted by atomic mass is 35.5. The number of carbonyl (C=O) groups excluding carboxylic acids is 2. The second-order valence-corrected chi connectivity index (χ2v) is 6.39. The van der Waals surface area contributed by atoms with Crippen LogP contribution in [0.15, 0.2) is 54.7 Å². The van der Waals surface area contributed by atoms with Crippen molar-refractivity contribution in [2.45, 2.75) is 6.42 Å². The molecule has 1 amide bonds. The molecule has 0 aliphatic carbocycles. The molecule has 26 heavy (non-hydrogen) atoms. The maximum atomic E-state index is 12.0. The summed E-state index contributed by atoms with van der Waals surface area (Å²) in [5, 5.41) is 5.16.